The second-order valence-electron chi connectivity index (χ2n) is 6.80. The fourth-order valence-electron chi connectivity index (χ4n) is 3.26. The molecular weight excluding hydrogens is 346 g/mol. The van der Waals surface area contributed by atoms with Gasteiger partial charge in [-0.25, -0.2) is 4.79 Å². The van der Waals surface area contributed by atoms with Crippen LogP contribution in [-0.2, 0) is 11.3 Å². The lowest BCUT2D eigenvalue weighted by Gasteiger charge is -2.34. The maximum atomic E-state index is 12.8. The van der Waals surface area contributed by atoms with Gasteiger partial charge in [0.05, 0.1) is 12.5 Å². The smallest absolute Gasteiger partial charge is 0.321 e. The largest absolute Gasteiger partial charge is 0.340 e. The van der Waals surface area contributed by atoms with Crippen LogP contribution < -0.4 is 5.32 Å². The number of benzene rings is 1. The van der Waals surface area contributed by atoms with Gasteiger partial charge in [0.15, 0.2) is 0 Å². The number of piperidine rings is 1. The van der Waals surface area contributed by atoms with Crippen molar-refractivity contribution < 1.29 is 9.59 Å². The minimum Gasteiger partial charge on any atom is -0.340 e. The van der Waals surface area contributed by atoms with Gasteiger partial charge in [0.1, 0.15) is 0 Å². The summed E-state index contributed by atoms with van der Waals surface area (Å²) in [4.78, 5) is 30.1. The van der Waals surface area contributed by atoms with Crippen LogP contribution in [0.5, 0.6) is 0 Å². The molecule has 1 aliphatic rings. The van der Waals surface area contributed by atoms with Gasteiger partial charge in [0, 0.05) is 30.7 Å². The molecular formula is C20H25N3O2S. The monoisotopic (exact) mass is 371 g/mol. The molecule has 26 heavy (non-hydrogen) atoms. The summed E-state index contributed by atoms with van der Waals surface area (Å²) in [6.07, 6.45) is 1.69. The van der Waals surface area contributed by atoms with Gasteiger partial charge in [-0.15, -0.1) is 11.3 Å². The van der Waals surface area contributed by atoms with Crippen molar-refractivity contribution in [1.29, 1.82) is 0 Å². The standard InChI is InChI=1S/C20H25N3O2S/c1-15-10-12-26-18(15)14-22(2)19(24)16-7-6-11-23(13-16)20(25)21-17-8-4-3-5-9-17/h3-5,8-10,12,16H,6-7,11,13-14H2,1-2H3,(H,21,25)/t16-/m0/s1. The van der Waals surface area contributed by atoms with E-state index in [2.05, 4.69) is 23.7 Å². The van der Waals surface area contributed by atoms with E-state index < -0.39 is 0 Å². The molecule has 1 aromatic heterocycles. The number of urea groups is 1. The number of likely N-dealkylation sites (tertiary alicyclic amines) is 1. The van der Waals surface area contributed by atoms with Crippen molar-refractivity contribution in [2.75, 3.05) is 25.5 Å². The van der Waals surface area contributed by atoms with Crippen LogP contribution in [0.1, 0.15) is 23.3 Å². The molecule has 0 radical (unpaired) electrons. The molecule has 2 aromatic rings. The lowest BCUT2D eigenvalue weighted by Crippen LogP contribution is -2.47. The minimum absolute atomic E-state index is 0.120. The SMILES string of the molecule is Cc1ccsc1CN(C)C(=O)[C@H]1CCCN(C(=O)Nc2ccccc2)C1. The normalized spacial score (nSPS) is 17.0. The molecule has 1 fully saturated rings. The fraction of sp³-hybridized carbons (Fsp3) is 0.400. The van der Waals surface area contributed by atoms with E-state index in [1.807, 2.05) is 37.4 Å². The molecule has 0 bridgehead atoms. The van der Waals surface area contributed by atoms with Gasteiger partial charge in [-0.3, -0.25) is 4.79 Å². The van der Waals surface area contributed by atoms with Crippen LogP contribution in [0.25, 0.3) is 0 Å². The van der Waals surface area contributed by atoms with Gasteiger partial charge >= 0.3 is 6.03 Å². The highest BCUT2D eigenvalue weighted by Crippen LogP contribution is 2.22. The van der Waals surface area contributed by atoms with E-state index in [1.165, 1.54) is 10.4 Å². The van der Waals surface area contributed by atoms with Crippen molar-refractivity contribution in [2.45, 2.75) is 26.3 Å². The molecule has 0 aliphatic carbocycles. The molecule has 0 saturated carbocycles. The van der Waals surface area contributed by atoms with E-state index in [-0.39, 0.29) is 17.9 Å². The van der Waals surface area contributed by atoms with E-state index in [9.17, 15) is 9.59 Å². The first kappa shape index (κ1) is 18.5. The second-order valence-corrected chi connectivity index (χ2v) is 7.80. The Morgan fingerprint density at radius 3 is 2.73 bits per heavy atom. The minimum atomic E-state index is -0.134. The number of anilines is 1. The van der Waals surface area contributed by atoms with Crippen LogP contribution in [0.3, 0.4) is 0 Å². The maximum Gasteiger partial charge on any atom is 0.321 e. The zero-order chi connectivity index (χ0) is 18.5. The first-order valence-electron chi connectivity index (χ1n) is 8.93. The summed E-state index contributed by atoms with van der Waals surface area (Å²) in [6.45, 7) is 3.87. The van der Waals surface area contributed by atoms with Crippen molar-refractivity contribution in [3.63, 3.8) is 0 Å². The van der Waals surface area contributed by atoms with E-state index >= 15 is 0 Å². The lowest BCUT2D eigenvalue weighted by molar-refractivity contribution is -0.136. The Labute approximate surface area is 158 Å². The van der Waals surface area contributed by atoms with Crippen LogP contribution in [0.2, 0.25) is 0 Å². The molecule has 0 spiro atoms. The number of nitrogens with one attached hydrogen (secondary N) is 1. The quantitative estimate of drug-likeness (QED) is 0.884. The van der Waals surface area contributed by atoms with Gasteiger partial charge in [0.25, 0.3) is 0 Å². The van der Waals surface area contributed by atoms with E-state index in [4.69, 9.17) is 0 Å². The third-order valence-corrected chi connectivity index (χ3v) is 5.82. The Hall–Kier alpha value is -2.34. The Balaban J connectivity index is 1.57. The average Bonchev–Trinajstić information content (AvgIpc) is 3.06. The molecule has 1 aliphatic heterocycles. The number of hydrogen-bond acceptors (Lipinski definition) is 3. The van der Waals surface area contributed by atoms with Crippen LogP contribution >= 0.6 is 11.3 Å². The number of amides is 3. The van der Waals surface area contributed by atoms with Gasteiger partial charge in [-0.1, -0.05) is 18.2 Å². The zero-order valence-corrected chi connectivity index (χ0v) is 16.1. The first-order chi connectivity index (χ1) is 12.5. The Morgan fingerprint density at radius 2 is 2.04 bits per heavy atom. The van der Waals surface area contributed by atoms with Crippen molar-refractivity contribution in [3.8, 4) is 0 Å². The summed E-state index contributed by atoms with van der Waals surface area (Å²) in [5.74, 6) is -0.00875. The Kier molecular flexibility index (Phi) is 5.93. The number of hydrogen-bond donors (Lipinski definition) is 1. The van der Waals surface area contributed by atoms with Crippen LogP contribution in [0.15, 0.2) is 41.8 Å². The summed E-state index contributed by atoms with van der Waals surface area (Å²) in [5.41, 5.74) is 2.00. The van der Waals surface area contributed by atoms with Gasteiger partial charge < -0.3 is 15.1 Å². The number of carbonyl (C=O) groups is 2. The van der Waals surface area contributed by atoms with Crippen LogP contribution in [0, 0.1) is 12.8 Å². The number of para-hydroxylation sites is 1. The van der Waals surface area contributed by atoms with Gasteiger partial charge in [-0.05, 0) is 48.9 Å². The lowest BCUT2D eigenvalue weighted by atomic mass is 9.97. The third-order valence-electron chi connectivity index (χ3n) is 4.81. The molecule has 0 unspecified atom stereocenters. The highest BCUT2D eigenvalue weighted by atomic mass is 32.1. The van der Waals surface area contributed by atoms with E-state index in [0.29, 0.717) is 19.6 Å². The summed E-state index contributed by atoms with van der Waals surface area (Å²) >= 11 is 1.68. The Morgan fingerprint density at radius 1 is 1.27 bits per heavy atom. The van der Waals surface area contributed by atoms with Crippen molar-refractivity contribution >= 4 is 29.0 Å². The molecule has 3 rings (SSSR count). The highest BCUT2D eigenvalue weighted by molar-refractivity contribution is 7.10. The number of nitrogens with zero attached hydrogens (tertiary/aromatic N) is 2. The number of rotatable bonds is 4. The predicted octanol–water partition coefficient (Wildman–Crippen LogP) is 3.96. The molecule has 1 saturated heterocycles. The molecule has 138 valence electrons. The van der Waals surface area contributed by atoms with Crippen LogP contribution in [-0.4, -0.2) is 41.9 Å². The zero-order valence-electron chi connectivity index (χ0n) is 15.3. The predicted molar refractivity (Wildman–Crippen MR) is 105 cm³/mol. The number of aryl methyl sites for hydroxylation is 1. The molecule has 5 nitrogen and oxygen atoms in total. The highest BCUT2D eigenvalue weighted by Gasteiger charge is 2.30. The van der Waals surface area contributed by atoms with E-state index in [0.717, 1.165) is 18.5 Å². The molecule has 1 N–H and O–H groups in total. The van der Waals surface area contributed by atoms with Crippen molar-refractivity contribution in [3.05, 3.63) is 52.2 Å². The molecule has 1 aromatic carbocycles. The third kappa shape index (κ3) is 4.43. The van der Waals surface area contributed by atoms with Crippen molar-refractivity contribution in [2.24, 2.45) is 5.92 Å². The molecule has 1 atom stereocenters. The van der Waals surface area contributed by atoms with Gasteiger partial charge in [-0.2, -0.15) is 0 Å². The van der Waals surface area contributed by atoms with E-state index in [1.54, 1.807) is 21.1 Å². The maximum absolute atomic E-state index is 12.8. The number of carbonyl (C=O) groups excluding carboxylic acids is 2. The summed E-state index contributed by atoms with van der Waals surface area (Å²) in [7, 11) is 1.85. The summed E-state index contributed by atoms with van der Waals surface area (Å²) in [6, 6.07) is 11.4. The topological polar surface area (TPSA) is 52.7 Å². The molecule has 6 heteroatoms. The van der Waals surface area contributed by atoms with Gasteiger partial charge in [0.2, 0.25) is 5.91 Å². The fourth-order valence-corrected chi connectivity index (χ4v) is 4.22. The molecule has 3 amide bonds. The summed E-state index contributed by atoms with van der Waals surface area (Å²) < 4.78 is 0. The van der Waals surface area contributed by atoms with Crippen molar-refractivity contribution in [1.82, 2.24) is 9.80 Å². The Bertz CT molecular complexity index is 759. The first-order valence-corrected chi connectivity index (χ1v) is 9.81. The van der Waals surface area contributed by atoms with Crippen LogP contribution in [0.4, 0.5) is 10.5 Å². The average molecular weight is 372 g/mol. The second kappa shape index (κ2) is 8.36. The number of thiophene rings is 1. The summed E-state index contributed by atoms with van der Waals surface area (Å²) in [5, 5.41) is 4.96. The molecule has 2 heterocycles.